The molecule has 0 bridgehead atoms. The highest BCUT2D eigenvalue weighted by Gasteiger charge is 1.94. The zero-order chi connectivity index (χ0) is 13.5. The third kappa shape index (κ3) is 3.78. The van der Waals surface area contributed by atoms with Crippen molar-refractivity contribution in [3.63, 3.8) is 0 Å². The van der Waals surface area contributed by atoms with Gasteiger partial charge < -0.3 is 4.74 Å². The van der Waals surface area contributed by atoms with Crippen LogP contribution in [0, 0.1) is 0 Å². The molecule has 0 aliphatic heterocycles. The third-order valence-electron chi connectivity index (χ3n) is 2.55. The fourth-order valence-corrected chi connectivity index (χ4v) is 1.69. The SMILES string of the molecule is CCOC(=O)C=CC=Cc1ccc2ncccc2c1. The van der Waals surface area contributed by atoms with Gasteiger partial charge in [-0.25, -0.2) is 4.79 Å². The molecule has 3 heteroatoms. The van der Waals surface area contributed by atoms with E-state index in [1.165, 1.54) is 6.08 Å². The van der Waals surface area contributed by atoms with Crippen molar-refractivity contribution in [3.8, 4) is 0 Å². The summed E-state index contributed by atoms with van der Waals surface area (Å²) in [6, 6.07) is 9.95. The van der Waals surface area contributed by atoms with Crippen molar-refractivity contribution >= 4 is 22.9 Å². The number of hydrogen-bond acceptors (Lipinski definition) is 3. The van der Waals surface area contributed by atoms with Gasteiger partial charge in [0.15, 0.2) is 0 Å². The summed E-state index contributed by atoms with van der Waals surface area (Å²) in [5, 5.41) is 1.10. The summed E-state index contributed by atoms with van der Waals surface area (Å²) in [5.41, 5.74) is 2.04. The predicted octanol–water partition coefficient (Wildman–Crippen LogP) is 3.37. The van der Waals surface area contributed by atoms with Crippen LogP contribution in [-0.2, 0) is 9.53 Å². The molecule has 3 nitrogen and oxygen atoms in total. The van der Waals surface area contributed by atoms with Crippen molar-refractivity contribution in [2.75, 3.05) is 6.61 Å². The second kappa shape index (κ2) is 6.50. The molecule has 0 fully saturated rings. The maximum absolute atomic E-state index is 11.1. The van der Waals surface area contributed by atoms with Crippen LogP contribution in [0.2, 0.25) is 0 Å². The lowest BCUT2D eigenvalue weighted by atomic mass is 10.1. The van der Waals surface area contributed by atoms with E-state index in [1.807, 2.05) is 36.4 Å². The lowest BCUT2D eigenvalue weighted by Gasteiger charge is -1.97. The van der Waals surface area contributed by atoms with Gasteiger partial charge in [-0.1, -0.05) is 30.4 Å². The van der Waals surface area contributed by atoms with Gasteiger partial charge in [-0.05, 0) is 30.7 Å². The molecule has 2 aromatic rings. The molecule has 0 saturated carbocycles. The average Bonchev–Trinajstić information content (AvgIpc) is 2.44. The van der Waals surface area contributed by atoms with Crippen LogP contribution in [0.4, 0.5) is 0 Å². The van der Waals surface area contributed by atoms with Gasteiger partial charge in [0.05, 0.1) is 12.1 Å². The smallest absolute Gasteiger partial charge is 0.330 e. The number of fused-ring (bicyclic) bond motifs is 1. The Morgan fingerprint density at radius 3 is 3.05 bits per heavy atom. The molecule has 1 aromatic carbocycles. The van der Waals surface area contributed by atoms with Gasteiger partial charge in [0.25, 0.3) is 0 Å². The molecule has 0 atom stereocenters. The normalized spacial score (nSPS) is 11.4. The van der Waals surface area contributed by atoms with Gasteiger partial charge in [-0.15, -0.1) is 0 Å². The van der Waals surface area contributed by atoms with Crippen LogP contribution in [0.15, 0.2) is 54.8 Å². The summed E-state index contributed by atoms with van der Waals surface area (Å²) >= 11 is 0. The largest absolute Gasteiger partial charge is 0.463 e. The van der Waals surface area contributed by atoms with E-state index < -0.39 is 0 Å². The Morgan fingerprint density at radius 1 is 1.32 bits per heavy atom. The fourth-order valence-electron chi connectivity index (χ4n) is 1.69. The monoisotopic (exact) mass is 253 g/mol. The number of ether oxygens (including phenoxy) is 1. The number of carbonyl (C=O) groups excluding carboxylic acids is 1. The predicted molar refractivity (Wildman–Crippen MR) is 76.6 cm³/mol. The van der Waals surface area contributed by atoms with Crippen molar-refractivity contribution < 1.29 is 9.53 Å². The van der Waals surface area contributed by atoms with Crippen LogP contribution in [0.5, 0.6) is 0 Å². The number of hydrogen-bond donors (Lipinski definition) is 0. The Morgan fingerprint density at radius 2 is 2.21 bits per heavy atom. The summed E-state index contributed by atoms with van der Waals surface area (Å²) in [5.74, 6) is -0.324. The topological polar surface area (TPSA) is 39.2 Å². The molecule has 1 heterocycles. The van der Waals surface area contributed by atoms with Crippen molar-refractivity contribution in [2.24, 2.45) is 0 Å². The highest BCUT2D eigenvalue weighted by Crippen LogP contribution is 2.14. The zero-order valence-electron chi connectivity index (χ0n) is 10.7. The van der Waals surface area contributed by atoms with E-state index >= 15 is 0 Å². The molecular weight excluding hydrogens is 238 g/mol. The highest BCUT2D eigenvalue weighted by molar-refractivity contribution is 5.83. The van der Waals surface area contributed by atoms with Gasteiger partial charge in [-0.2, -0.15) is 0 Å². The quantitative estimate of drug-likeness (QED) is 0.476. The first-order chi connectivity index (χ1) is 9.29. The molecule has 0 spiro atoms. The molecular formula is C16H15NO2. The Balaban J connectivity index is 2.06. The Hall–Kier alpha value is -2.42. The first kappa shape index (κ1) is 13.0. The van der Waals surface area contributed by atoms with Gasteiger partial charge in [0.2, 0.25) is 0 Å². The molecule has 1 aromatic heterocycles. The van der Waals surface area contributed by atoms with Crippen LogP contribution < -0.4 is 0 Å². The maximum atomic E-state index is 11.1. The minimum atomic E-state index is -0.324. The Bertz CT molecular complexity index is 629. The van der Waals surface area contributed by atoms with Gasteiger partial charge >= 0.3 is 5.97 Å². The van der Waals surface area contributed by atoms with E-state index in [0.29, 0.717) is 6.61 Å². The third-order valence-corrected chi connectivity index (χ3v) is 2.55. The minimum Gasteiger partial charge on any atom is -0.463 e. The highest BCUT2D eigenvalue weighted by atomic mass is 16.5. The number of rotatable bonds is 4. The lowest BCUT2D eigenvalue weighted by molar-refractivity contribution is -0.137. The number of allylic oxidation sites excluding steroid dienone is 2. The Kier molecular flexibility index (Phi) is 4.45. The first-order valence-corrected chi connectivity index (χ1v) is 6.16. The number of aromatic nitrogens is 1. The second-order valence-corrected chi connectivity index (χ2v) is 3.93. The van der Waals surface area contributed by atoms with Crippen molar-refractivity contribution in [2.45, 2.75) is 6.92 Å². The van der Waals surface area contributed by atoms with E-state index in [9.17, 15) is 4.79 Å². The van der Waals surface area contributed by atoms with Crippen LogP contribution >= 0.6 is 0 Å². The molecule has 0 saturated heterocycles. The molecule has 2 rings (SSSR count). The summed E-state index contributed by atoms with van der Waals surface area (Å²) in [6.45, 7) is 2.18. The fraction of sp³-hybridized carbons (Fsp3) is 0.125. The van der Waals surface area contributed by atoms with E-state index in [1.54, 1.807) is 19.2 Å². The number of esters is 1. The average molecular weight is 253 g/mol. The number of carbonyl (C=O) groups is 1. The molecule has 0 N–H and O–H groups in total. The molecule has 0 aliphatic rings. The van der Waals surface area contributed by atoms with E-state index in [4.69, 9.17) is 4.74 Å². The molecule has 19 heavy (non-hydrogen) atoms. The van der Waals surface area contributed by atoms with E-state index in [-0.39, 0.29) is 5.97 Å². The second-order valence-electron chi connectivity index (χ2n) is 3.93. The maximum Gasteiger partial charge on any atom is 0.330 e. The van der Waals surface area contributed by atoms with Gasteiger partial charge in [-0.3, -0.25) is 4.98 Å². The van der Waals surface area contributed by atoms with Crippen molar-refractivity contribution in [1.82, 2.24) is 4.98 Å². The summed E-state index contributed by atoms with van der Waals surface area (Å²) in [6.07, 6.45) is 8.60. The van der Waals surface area contributed by atoms with Crippen LogP contribution in [0.1, 0.15) is 12.5 Å². The summed E-state index contributed by atoms with van der Waals surface area (Å²) in [4.78, 5) is 15.3. The lowest BCUT2D eigenvalue weighted by Crippen LogP contribution is -1.98. The minimum absolute atomic E-state index is 0.324. The molecule has 0 amide bonds. The molecule has 96 valence electrons. The molecule has 0 unspecified atom stereocenters. The standard InChI is InChI=1S/C16H15NO2/c1-2-19-16(18)8-4-3-6-13-9-10-15-14(12-13)7-5-11-17-15/h3-12H,2H2,1H3. The van der Waals surface area contributed by atoms with Crippen LogP contribution in [0.25, 0.3) is 17.0 Å². The van der Waals surface area contributed by atoms with Gasteiger partial charge in [0, 0.05) is 17.7 Å². The Labute approximate surface area is 112 Å². The number of benzene rings is 1. The van der Waals surface area contributed by atoms with Gasteiger partial charge in [0.1, 0.15) is 0 Å². The first-order valence-electron chi connectivity index (χ1n) is 6.16. The molecule has 0 radical (unpaired) electrons. The number of nitrogens with zero attached hydrogens (tertiary/aromatic N) is 1. The van der Waals surface area contributed by atoms with E-state index in [2.05, 4.69) is 11.1 Å². The zero-order valence-corrected chi connectivity index (χ0v) is 10.7. The molecule has 0 aliphatic carbocycles. The van der Waals surface area contributed by atoms with Crippen LogP contribution in [-0.4, -0.2) is 17.6 Å². The number of pyridine rings is 1. The summed E-state index contributed by atoms with van der Waals surface area (Å²) in [7, 11) is 0. The van der Waals surface area contributed by atoms with Crippen molar-refractivity contribution in [3.05, 3.63) is 60.3 Å². The summed E-state index contributed by atoms with van der Waals surface area (Å²) < 4.78 is 4.78. The van der Waals surface area contributed by atoms with Crippen LogP contribution in [0.3, 0.4) is 0 Å². The van der Waals surface area contributed by atoms with E-state index in [0.717, 1.165) is 16.5 Å². The van der Waals surface area contributed by atoms with Crippen molar-refractivity contribution in [1.29, 1.82) is 0 Å².